The number of carbonyl (C=O) groups excluding carboxylic acids is 1. The maximum absolute atomic E-state index is 14.8. The molecule has 2 heterocycles. The van der Waals surface area contributed by atoms with E-state index in [0.29, 0.717) is 27.8 Å². The molecule has 0 bridgehead atoms. The van der Waals surface area contributed by atoms with Crippen LogP contribution in [-0.2, 0) is 5.41 Å². The van der Waals surface area contributed by atoms with Crippen LogP contribution in [0, 0.1) is 5.82 Å². The molecular formula is C17H18ClFN4OS. The summed E-state index contributed by atoms with van der Waals surface area (Å²) in [6, 6.07) is 4.88. The fraction of sp³-hybridized carbons (Fsp3) is 0.353. The molecular weight excluding hydrogens is 363 g/mol. The normalized spacial score (nSPS) is 19.4. The number of anilines is 1. The molecule has 1 atom stereocenters. The second kappa shape index (κ2) is 6.46. The van der Waals surface area contributed by atoms with Crippen LogP contribution in [0.5, 0.6) is 0 Å². The highest BCUT2D eigenvalue weighted by Gasteiger charge is 2.43. The molecule has 3 rings (SSSR count). The maximum Gasteiger partial charge on any atom is 0.256 e. The van der Waals surface area contributed by atoms with Gasteiger partial charge in [0.05, 0.1) is 16.1 Å². The molecule has 0 aliphatic carbocycles. The summed E-state index contributed by atoms with van der Waals surface area (Å²) < 4.78 is 14.8. The van der Waals surface area contributed by atoms with Gasteiger partial charge in [0, 0.05) is 26.2 Å². The highest BCUT2D eigenvalue weighted by atomic mass is 35.5. The van der Waals surface area contributed by atoms with Crippen LogP contribution in [-0.4, -0.2) is 42.8 Å². The Morgan fingerprint density at radius 3 is 2.72 bits per heavy atom. The third-order valence-corrected chi connectivity index (χ3v) is 5.21. The van der Waals surface area contributed by atoms with E-state index in [1.807, 2.05) is 27.3 Å². The molecule has 1 N–H and O–H groups in total. The van der Waals surface area contributed by atoms with E-state index in [9.17, 15) is 9.18 Å². The lowest BCUT2D eigenvalue weighted by Gasteiger charge is -2.36. The number of rotatable bonds is 3. The molecule has 0 fully saturated rings. The zero-order valence-electron chi connectivity index (χ0n) is 14.4. The van der Waals surface area contributed by atoms with Crippen molar-refractivity contribution >= 4 is 35.1 Å². The number of carbonyl (C=O) groups is 1. The van der Waals surface area contributed by atoms with Crippen LogP contribution >= 0.6 is 23.4 Å². The Balaban J connectivity index is 2.34. The zero-order chi connectivity index (χ0) is 18.4. The van der Waals surface area contributed by atoms with Crippen molar-refractivity contribution in [2.45, 2.75) is 17.5 Å². The molecule has 1 aromatic heterocycles. The maximum atomic E-state index is 14.8. The van der Waals surface area contributed by atoms with Crippen molar-refractivity contribution < 1.29 is 9.18 Å². The monoisotopic (exact) mass is 380 g/mol. The summed E-state index contributed by atoms with van der Waals surface area (Å²) >= 11 is 7.36. The summed E-state index contributed by atoms with van der Waals surface area (Å²) in [6.45, 7) is 2.09. The second-order valence-electron chi connectivity index (χ2n) is 6.27. The van der Waals surface area contributed by atoms with Gasteiger partial charge in [-0.3, -0.25) is 4.79 Å². The van der Waals surface area contributed by atoms with Crippen molar-refractivity contribution in [1.82, 2.24) is 15.3 Å². The Labute approximate surface area is 155 Å². The van der Waals surface area contributed by atoms with Crippen LogP contribution in [0.2, 0.25) is 5.02 Å². The molecule has 0 saturated heterocycles. The minimum absolute atomic E-state index is 0.0455. The minimum atomic E-state index is -0.851. The number of nitrogens with zero attached hydrogens (tertiary/aromatic N) is 3. The number of benzene rings is 1. The van der Waals surface area contributed by atoms with E-state index in [2.05, 4.69) is 15.3 Å². The summed E-state index contributed by atoms with van der Waals surface area (Å²) in [5.74, 6) is -0.240. The van der Waals surface area contributed by atoms with Crippen LogP contribution in [0.4, 0.5) is 10.2 Å². The first-order valence-corrected chi connectivity index (χ1v) is 9.26. The van der Waals surface area contributed by atoms with Gasteiger partial charge in [0.15, 0.2) is 5.16 Å². The van der Waals surface area contributed by atoms with Gasteiger partial charge in [0.1, 0.15) is 17.2 Å². The lowest BCUT2D eigenvalue weighted by molar-refractivity contribution is 0.0930. The summed E-state index contributed by atoms with van der Waals surface area (Å²) in [7, 11) is 3.62. The van der Waals surface area contributed by atoms with Crippen LogP contribution in [0.1, 0.15) is 28.5 Å². The first-order chi connectivity index (χ1) is 11.8. The van der Waals surface area contributed by atoms with Crippen molar-refractivity contribution in [1.29, 1.82) is 0 Å². The second-order valence-corrected chi connectivity index (χ2v) is 7.45. The molecule has 0 spiro atoms. The average molecular weight is 381 g/mol. The average Bonchev–Trinajstić information content (AvgIpc) is 2.59. The quantitative estimate of drug-likeness (QED) is 0.655. The van der Waals surface area contributed by atoms with E-state index in [1.165, 1.54) is 17.8 Å². The standard InChI is InChI=1S/C17H18ClFN4OS/c1-17(9-6-5-7-10(18)12(9)19)8-20-15(24)11-13(17)21-16(25-4)22-14(11)23(2)3/h5-7H,8H2,1-4H3,(H,20,24). The van der Waals surface area contributed by atoms with E-state index in [1.54, 1.807) is 17.0 Å². The van der Waals surface area contributed by atoms with Gasteiger partial charge in [-0.2, -0.15) is 0 Å². The molecule has 1 amide bonds. The summed E-state index contributed by atoms with van der Waals surface area (Å²) in [4.78, 5) is 23.3. The molecule has 1 unspecified atom stereocenters. The lowest BCUT2D eigenvalue weighted by Crippen LogP contribution is -2.48. The number of amides is 1. The van der Waals surface area contributed by atoms with Crippen LogP contribution in [0.15, 0.2) is 23.4 Å². The molecule has 1 aromatic carbocycles. The number of fused-ring (bicyclic) bond motifs is 1. The molecule has 5 nitrogen and oxygen atoms in total. The lowest BCUT2D eigenvalue weighted by atomic mass is 9.75. The summed E-state index contributed by atoms with van der Waals surface area (Å²) in [5, 5.41) is 3.42. The first kappa shape index (κ1) is 17.9. The van der Waals surface area contributed by atoms with Crippen LogP contribution in [0.25, 0.3) is 0 Å². The predicted molar refractivity (Wildman–Crippen MR) is 98.3 cm³/mol. The van der Waals surface area contributed by atoms with Gasteiger partial charge >= 0.3 is 0 Å². The fourth-order valence-corrected chi connectivity index (χ4v) is 3.57. The van der Waals surface area contributed by atoms with E-state index in [4.69, 9.17) is 11.6 Å². The van der Waals surface area contributed by atoms with Crippen molar-refractivity contribution in [2.75, 3.05) is 31.8 Å². The predicted octanol–water partition coefficient (Wildman–Crippen LogP) is 3.11. The summed E-state index contributed by atoms with van der Waals surface area (Å²) in [6.07, 6.45) is 1.86. The van der Waals surface area contributed by atoms with Gasteiger partial charge in [0.2, 0.25) is 0 Å². The van der Waals surface area contributed by atoms with Crippen LogP contribution in [0.3, 0.4) is 0 Å². The molecule has 1 aliphatic rings. The van der Waals surface area contributed by atoms with Gasteiger partial charge in [-0.05, 0) is 19.2 Å². The van der Waals surface area contributed by atoms with Gasteiger partial charge in [-0.25, -0.2) is 14.4 Å². The molecule has 2 aromatic rings. The molecule has 8 heteroatoms. The number of hydrogen-bond donors (Lipinski definition) is 1. The fourth-order valence-electron chi connectivity index (χ4n) is 3.03. The third kappa shape index (κ3) is 2.85. The van der Waals surface area contributed by atoms with Crippen molar-refractivity contribution in [2.24, 2.45) is 0 Å². The number of aromatic nitrogens is 2. The minimum Gasteiger partial charge on any atom is -0.362 e. The van der Waals surface area contributed by atoms with Gasteiger partial charge in [-0.1, -0.05) is 35.5 Å². The smallest absolute Gasteiger partial charge is 0.256 e. The van der Waals surface area contributed by atoms with E-state index in [-0.39, 0.29) is 17.5 Å². The van der Waals surface area contributed by atoms with Gasteiger partial charge < -0.3 is 10.2 Å². The van der Waals surface area contributed by atoms with Crippen molar-refractivity contribution in [3.8, 4) is 0 Å². The Kier molecular flexibility index (Phi) is 4.64. The van der Waals surface area contributed by atoms with Gasteiger partial charge in [-0.15, -0.1) is 0 Å². The van der Waals surface area contributed by atoms with Crippen molar-refractivity contribution in [3.63, 3.8) is 0 Å². The Morgan fingerprint density at radius 1 is 1.36 bits per heavy atom. The number of hydrogen-bond acceptors (Lipinski definition) is 5. The van der Waals surface area contributed by atoms with Gasteiger partial charge in [0.25, 0.3) is 5.91 Å². The molecule has 1 aliphatic heterocycles. The highest BCUT2D eigenvalue weighted by Crippen LogP contribution is 2.40. The zero-order valence-corrected chi connectivity index (χ0v) is 15.9. The van der Waals surface area contributed by atoms with Crippen molar-refractivity contribution in [3.05, 3.63) is 45.9 Å². The molecule has 0 radical (unpaired) electrons. The summed E-state index contributed by atoms with van der Waals surface area (Å²) in [5.41, 5.74) is 0.434. The molecule has 132 valence electrons. The highest BCUT2D eigenvalue weighted by molar-refractivity contribution is 7.98. The van der Waals surface area contributed by atoms with E-state index < -0.39 is 11.2 Å². The number of nitrogens with one attached hydrogen (secondary N) is 1. The molecule has 25 heavy (non-hydrogen) atoms. The van der Waals surface area contributed by atoms with E-state index >= 15 is 0 Å². The Bertz CT molecular complexity index is 861. The largest absolute Gasteiger partial charge is 0.362 e. The Hall–Kier alpha value is -1.86. The first-order valence-electron chi connectivity index (χ1n) is 7.66. The third-order valence-electron chi connectivity index (χ3n) is 4.37. The van der Waals surface area contributed by atoms with E-state index in [0.717, 1.165) is 0 Å². The molecule has 0 saturated carbocycles. The SMILES string of the molecule is CSc1nc(N(C)C)c2c(n1)C(C)(c1cccc(Cl)c1F)CNC2=O. The number of halogens is 2. The Morgan fingerprint density at radius 2 is 2.08 bits per heavy atom. The van der Waals surface area contributed by atoms with Crippen LogP contribution < -0.4 is 10.2 Å². The number of thioether (sulfide) groups is 1. The topological polar surface area (TPSA) is 58.1 Å².